The van der Waals surface area contributed by atoms with Gasteiger partial charge in [-0.05, 0) is 17.5 Å². The summed E-state index contributed by atoms with van der Waals surface area (Å²) in [6.07, 6.45) is 0. The highest BCUT2D eigenvalue weighted by molar-refractivity contribution is 7.10. The van der Waals surface area contributed by atoms with E-state index in [4.69, 9.17) is 4.74 Å². The van der Waals surface area contributed by atoms with E-state index in [1.54, 1.807) is 7.11 Å². The Balaban J connectivity index is 1.93. The molecule has 1 heterocycles. The van der Waals surface area contributed by atoms with Crippen molar-refractivity contribution in [1.82, 2.24) is 5.32 Å². The number of thiophene rings is 1. The van der Waals surface area contributed by atoms with Crippen molar-refractivity contribution in [2.24, 2.45) is 0 Å². The summed E-state index contributed by atoms with van der Waals surface area (Å²) >= 11 is 1.82. The minimum Gasteiger partial charge on any atom is -0.496 e. The van der Waals surface area contributed by atoms with E-state index in [2.05, 4.69) is 42.7 Å². The summed E-state index contributed by atoms with van der Waals surface area (Å²) in [4.78, 5) is 1.42. The Labute approximate surface area is 119 Å². The van der Waals surface area contributed by atoms with Crippen LogP contribution in [-0.4, -0.2) is 13.7 Å². The van der Waals surface area contributed by atoms with E-state index in [9.17, 15) is 0 Å². The standard InChI is InChI=1S/C16H21NOS/c1-16(2,15-9-6-10-19-15)12-17-11-13-7-4-5-8-14(13)18-3/h4-10,17H,11-12H2,1-3H3. The first kappa shape index (κ1) is 14.1. The Morgan fingerprint density at radius 3 is 2.63 bits per heavy atom. The summed E-state index contributed by atoms with van der Waals surface area (Å²) in [5.41, 5.74) is 1.36. The zero-order chi connectivity index (χ0) is 13.7. The highest BCUT2D eigenvalue weighted by Crippen LogP contribution is 2.27. The normalized spacial score (nSPS) is 11.5. The van der Waals surface area contributed by atoms with Gasteiger partial charge < -0.3 is 10.1 Å². The molecule has 0 unspecified atom stereocenters. The molecule has 0 aliphatic rings. The lowest BCUT2D eigenvalue weighted by Gasteiger charge is -2.24. The monoisotopic (exact) mass is 275 g/mol. The number of methoxy groups -OCH3 is 1. The van der Waals surface area contributed by atoms with Crippen LogP contribution in [0.4, 0.5) is 0 Å². The van der Waals surface area contributed by atoms with Gasteiger partial charge in [0.1, 0.15) is 5.75 Å². The minimum absolute atomic E-state index is 0.163. The maximum atomic E-state index is 5.36. The second kappa shape index (κ2) is 6.22. The van der Waals surface area contributed by atoms with Gasteiger partial charge in [-0.2, -0.15) is 0 Å². The van der Waals surface area contributed by atoms with Gasteiger partial charge in [0.25, 0.3) is 0 Å². The number of rotatable bonds is 6. The fourth-order valence-electron chi connectivity index (χ4n) is 2.11. The third-order valence-electron chi connectivity index (χ3n) is 3.26. The fraction of sp³-hybridized carbons (Fsp3) is 0.375. The molecule has 0 saturated heterocycles. The largest absolute Gasteiger partial charge is 0.496 e. The summed E-state index contributed by atoms with van der Waals surface area (Å²) in [6.45, 7) is 6.33. The maximum Gasteiger partial charge on any atom is 0.123 e. The molecule has 102 valence electrons. The molecule has 0 radical (unpaired) electrons. The van der Waals surface area contributed by atoms with E-state index in [0.29, 0.717) is 0 Å². The molecule has 0 amide bonds. The molecule has 0 fully saturated rings. The lowest BCUT2D eigenvalue weighted by atomic mass is 9.91. The molecule has 1 aromatic heterocycles. The van der Waals surface area contributed by atoms with Crippen LogP contribution in [0.5, 0.6) is 5.75 Å². The van der Waals surface area contributed by atoms with E-state index in [0.717, 1.165) is 18.8 Å². The Kier molecular flexibility index (Phi) is 4.61. The Hall–Kier alpha value is -1.32. The Bertz CT molecular complexity index is 505. The second-order valence-corrected chi connectivity index (χ2v) is 6.22. The lowest BCUT2D eigenvalue weighted by molar-refractivity contribution is 0.404. The van der Waals surface area contributed by atoms with Crippen LogP contribution in [0.2, 0.25) is 0 Å². The smallest absolute Gasteiger partial charge is 0.123 e. The van der Waals surface area contributed by atoms with Gasteiger partial charge in [0.15, 0.2) is 0 Å². The summed E-state index contributed by atoms with van der Waals surface area (Å²) in [5, 5.41) is 5.67. The molecule has 2 nitrogen and oxygen atoms in total. The van der Waals surface area contributed by atoms with Crippen LogP contribution in [0.25, 0.3) is 0 Å². The third kappa shape index (κ3) is 3.58. The van der Waals surface area contributed by atoms with Crippen molar-refractivity contribution in [3.05, 3.63) is 52.2 Å². The number of para-hydroxylation sites is 1. The van der Waals surface area contributed by atoms with Crippen LogP contribution in [-0.2, 0) is 12.0 Å². The molecule has 1 aromatic carbocycles. The molecule has 2 aromatic rings. The van der Waals surface area contributed by atoms with Crippen molar-refractivity contribution >= 4 is 11.3 Å². The van der Waals surface area contributed by atoms with Gasteiger partial charge >= 0.3 is 0 Å². The minimum atomic E-state index is 0.163. The van der Waals surface area contributed by atoms with Crippen molar-refractivity contribution in [3.63, 3.8) is 0 Å². The van der Waals surface area contributed by atoms with Crippen molar-refractivity contribution in [3.8, 4) is 5.75 Å². The predicted octanol–water partition coefficient (Wildman–Crippen LogP) is 3.82. The second-order valence-electron chi connectivity index (χ2n) is 5.28. The lowest BCUT2D eigenvalue weighted by Crippen LogP contribution is -2.31. The first-order valence-electron chi connectivity index (χ1n) is 6.50. The number of ether oxygens (including phenoxy) is 1. The van der Waals surface area contributed by atoms with E-state index < -0.39 is 0 Å². The van der Waals surface area contributed by atoms with Crippen LogP contribution in [0.3, 0.4) is 0 Å². The molecule has 19 heavy (non-hydrogen) atoms. The van der Waals surface area contributed by atoms with Crippen LogP contribution in [0, 0.1) is 0 Å². The zero-order valence-corrected chi connectivity index (χ0v) is 12.6. The van der Waals surface area contributed by atoms with E-state index in [1.165, 1.54) is 10.4 Å². The van der Waals surface area contributed by atoms with Gasteiger partial charge in [0.2, 0.25) is 0 Å². The first-order valence-corrected chi connectivity index (χ1v) is 7.38. The summed E-state index contributed by atoms with van der Waals surface area (Å²) in [6, 6.07) is 12.5. The van der Waals surface area contributed by atoms with E-state index in [-0.39, 0.29) is 5.41 Å². The molecular weight excluding hydrogens is 254 g/mol. The average molecular weight is 275 g/mol. The van der Waals surface area contributed by atoms with Crippen LogP contribution < -0.4 is 10.1 Å². The first-order chi connectivity index (χ1) is 9.13. The quantitative estimate of drug-likeness (QED) is 0.865. The topological polar surface area (TPSA) is 21.3 Å². The molecule has 0 aliphatic heterocycles. The van der Waals surface area contributed by atoms with Gasteiger partial charge in [-0.1, -0.05) is 38.1 Å². The average Bonchev–Trinajstić information content (AvgIpc) is 2.94. The van der Waals surface area contributed by atoms with Crippen LogP contribution >= 0.6 is 11.3 Å². The summed E-state index contributed by atoms with van der Waals surface area (Å²) in [7, 11) is 1.72. The van der Waals surface area contributed by atoms with Crippen molar-refractivity contribution in [2.75, 3.05) is 13.7 Å². The zero-order valence-electron chi connectivity index (χ0n) is 11.8. The molecule has 0 aliphatic carbocycles. The Morgan fingerprint density at radius 2 is 1.95 bits per heavy atom. The molecule has 0 spiro atoms. The molecule has 1 N–H and O–H groups in total. The van der Waals surface area contributed by atoms with Gasteiger partial charge in [-0.15, -0.1) is 11.3 Å². The summed E-state index contributed by atoms with van der Waals surface area (Å²) in [5.74, 6) is 0.948. The van der Waals surface area contributed by atoms with Gasteiger partial charge in [-0.3, -0.25) is 0 Å². The highest BCUT2D eigenvalue weighted by atomic mass is 32.1. The number of hydrogen-bond acceptors (Lipinski definition) is 3. The number of hydrogen-bond donors (Lipinski definition) is 1. The molecule has 2 rings (SSSR count). The number of benzene rings is 1. The van der Waals surface area contributed by atoms with Gasteiger partial charge in [0, 0.05) is 28.9 Å². The van der Waals surface area contributed by atoms with Crippen molar-refractivity contribution < 1.29 is 4.74 Å². The highest BCUT2D eigenvalue weighted by Gasteiger charge is 2.21. The van der Waals surface area contributed by atoms with Gasteiger partial charge in [0.05, 0.1) is 7.11 Å². The predicted molar refractivity (Wildman–Crippen MR) is 82.0 cm³/mol. The fourth-order valence-corrected chi connectivity index (χ4v) is 2.96. The SMILES string of the molecule is COc1ccccc1CNCC(C)(C)c1cccs1. The van der Waals surface area contributed by atoms with Crippen molar-refractivity contribution in [2.45, 2.75) is 25.8 Å². The number of nitrogens with one attached hydrogen (secondary N) is 1. The van der Waals surface area contributed by atoms with E-state index >= 15 is 0 Å². The van der Waals surface area contributed by atoms with Crippen LogP contribution in [0.15, 0.2) is 41.8 Å². The molecular formula is C16H21NOS. The molecule has 0 saturated carbocycles. The molecule has 0 bridgehead atoms. The Morgan fingerprint density at radius 1 is 1.16 bits per heavy atom. The van der Waals surface area contributed by atoms with Crippen molar-refractivity contribution in [1.29, 1.82) is 0 Å². The van der Waals surface area contributed by atoms with Crippen LogP contribution in [0.1, 0.15) is 24.3 Å². The van der Waals surface area contributed by atoms with Gasteiger partial charge in [-0.25, -0.2) is 0 Å². The third-order valence-corrected chi connectivity index (χ3v) is 4.50. The molecule has 3 heteroatoms. The maximum absolute atomic E-state index is 5.36. The summed E-state index contributed by atoms with van der Waals surface area (Å²) < 4.78 is 5.36. The van der Waals surface area contributed by atoms with E-state index in [1.807, 2.05) is 29.5 Å². The molecule has 0 atom stereocenters.